The number of aryl methyl sites for hydroxylation is 2. The molecule has 1 nitrogen and oxygen atoms in total. The molecule has 20 heavy (non-hydrogen) atoms. The number of benzene rings is 2. The van der Waals surface area contributed by atoms with Crippen molar-refractivity contribution in [3.63, 3.8) is 0 Å². The van der Waals surface area contributed by atoms with Gasteiger partial charge in [-0.05, 0) is 61.3 Å². The van der Waals surface area contributed by atoms with Crippen LogP contribution in [0.2, 0.25) is 5.02 Å². The molecule has 106 valence electrons. The molecule has 0 aliphatic carbocycles. The highest BCUT2D eigenvalue weighted by molar-refractivity contribution is 9.10. The van der Waals surface area contributed by atoms with Crippen LogP contribution in [0.25, 0.3) is 0 Å². The van der Waals surface area contributed by atoms with Crippen LogP contribution in [-0.2, 0) is 0 Å². The van der Waals surface area contributed by atoms with Crippen molar-refractivity contribution in [2.24, 2.45) is 0 Å². The maximum atomic E-state index is 13.5. The van der Waals surface area contributed by atoms with Crippen LogP contribution >= 0.6 is 27.5 Å². The Morgan fingerprint density at radius 1 is 1.15 bits per heavy atom. The highest BCUT2D eigenvalue weighted by Gasteiger charge is 2.17. The summed E-state index contributed by atoms with van der Waals surface area (Å²) in [7, 11) is 1.87. The SMILES string of the molecule is CNC(c1ccc(Br)c(C)c1)c1cc(C)c(F)cc1Cl. The van der Waals surface area contributed by atoms with Gasteiger partial charge < -0.3 is 5.32 Å². The molecular weight excluding hydrogens is 341 g/mol. The fraction of sp³-hybridized carbons (Fsp3) is 0.250. The molecule has 4 heteroatoms. The maximum Gasteiger partial charge on any atom is 0.127 e. The van der Waals surface area contributed by atoms with E-state index < -0.39 is 0 Å². The summed E-state index contributed by atoms with van der Waals surface area (Å²) in [6.07, 6.45) is 0. The zero-order chi connectivity index (χ0) is 14.9. The highest BCUT2D eigenvalue weighted by Crippen LogP contribution is 2.31. The summed E-state index contributed by atoms with van der Waals surface area (Å²) < 4.78 is 14.6. The maximum absolute atomic E-state index is 13.5. The van der Waals surface area contributed by atoms with Gasteiger partial charge in [-0.25, -0.2) is 4.39 Å². The van der Waals surface area contributed by atoms with Crippen molar-refractivity contribution in [1.29, 1.82) is 0 Å². The summed E-state index contributed by atoms with van der Waals surface area (Å²) >= 11 is 9.70. The lowest BCUT2D eigenvalue weighted by Crippen LogP contribution is -2.18. The first-order valence-electron chi connectivity index (χ1n) is 6.33. The number of hydrogen-bond acceptors (Lipinski definition) is 1. The van der Waals surface area contributed by atoms with Crippen molar-refractivity contribution in [2.45, 2.75) is 19.9 Å². The van der Waals surface area contributed by atoms with Gasteiger partial charge in [-0.2, -0.15) is 0 Å². The van der Waals surface area contributed by atoms with Gasteiger partial charge in [0.2, 0.25) is 0 Å². The summed E-state index contributed by atoms with van der Waals surface area (Å²) in [5, 5.41) is 3.68. The van der Waals surface area contributed by atoms with Gasteiger partial charge in [0.25, 0.3) is 0 Å². The largest absolute Gasteiger partial charge is 0.309 e. The Labute approximate surface area is 132 Å². The van der Waals surface area contributed by atoms with E-state index in [2.05, 4.69) is 27.3 Å². The smallest absolute Gasteiger partial charge is 0.127 e. The molecule has 0 bridgehead atoms. The van der Waals surface area contributed by atoms with Gasteiger partial charge in [-0.3, -0.25) is 0 Å². The minimum Gasteiger partial charge on any atom is -0.309 e. The van der Waals surface area contributed by atoms with Crippen LogP contribution in [0.5, 0.6) is 0 Å². The van der Waals surface area contributed by atoms with E-state index in [9.17, 15) is 4.39 Å². The van der Waals surface area contributed by atoms with Crippen molar-refractivity contribution in [3.05, 3.63) is 67.9 Å². The van der Waals surface area contributed by atoms with Crippen molar-refractivity contribution in [3.8, 4) is 0 Å². The zero-order valence-electron chi connectivity index (χ0n) is 11.6. The second kappa shape index (κ2) is 6.25. The van der Waals surface area contributed by atoms with Crippen LogP contribution in [0.3, 0.4) is 0 Å². The molecule has 2 rings (SSSR count). The minimum atomic E-state index is -0.277. The van der Waals surface area contributed by atoms with E-state index in [-0.39, 0.29) is 11.9 Å². The van der Waals surface area contributed by atoms with Gasteiger partial charge in [0, 0.05) is 9.50 Å². The van der Waals surface area contributed by atoms with Crippen molar-refractivity contribution in [2.75, 3.05) is 7.05 Å². The predicted molar refractivity (Wildman–Crippen MR) is 85.9 cm³/mol. The van der Waals surface area contributed by atoms with Crippen LogP contribution < -0.4 is 5.32 Å². The molecule has 0 saturated heterocycles. The molecule has 0 saturated carbocycles. The number of halogens is 3. The van der Waals surface area contributed by atoms with Crippen LogP contribution in [0, 0.1) is 19.7 Å². The highest BCUT2D eigenvalue weighted by atomic mass is 79.9. The molecule has 2 aromatic rings. The Balaban J connectivity index is 2.52. The lowest BCUT2D eigenvalue weighted by molar-refractivity contribution is 0.614. The number of rotatable bonds is 3. The third kappa shape index (κ3) is 3.05. The Morgan fingerprint density at radius 3 is 2.45 bits per heavy atom. The first-order valence-corrected chi connectivity index (χ1v) is 7.50. The Morgan fingerprint density at radius 2 is 1.85 bits per heavy atom. The molecule has 0 heterocycles. The molecule has 0 amide bonds. The first-order chi connectivity index (χ1) is 9.43. The topological polar surface area (TPSA) is 12.0 Å². The average Bonchev–Trinajstić information content (AvgIpc) is 2.40. The second-order valence-electron chi connectivity index (χ2n) is 4.85. The molecule has 0 aromatic heterocycles. The fourth-order valence-corrected chi connectivity index (χ4v) is 2.76. The third-order valence-corrected chi connectivity index (χ3v) is 4.61. The van der Waals surface area contributed by atoms with Crippen molar-refractivity contribution >= 4 is 27.5 Å². The van der Waals surface area contributed by atoms with Gasteiger partial charge >= 0.3 is 0 Å². The van der Waals surface area contributed by atoms with Gasteiger partial charge in [-0.1, -0.05) is 39.7 Å². The van der Waals surface area contributed by atoms with E-state index in [4.69, 9.17) is 11.6 Å². The molecule has 0 spiro atoms. The average molecular weight is 357 g/mol. The summed E-state index contributed by atoms with van der Waals surface area (Å²) in [6, 6.07) is 9.26. The zero-order valence-corrected chi connectivity index (χ0v) is 13.9. The normalized spacial score (nSPS) is 12.5. The number of nitrogens with one attached hydrogen (secondary N) is 1. The first kappa shape index (κ1) is 15.5. The summed E-state index contributed by atoms with van der Waals surface area (Å²) in [4.78, 5) is 0. The summed E-state index contributed by atoms with van der Waals surface area (Å²) in [5.41, 5.74) is 3.73. The third-order valence-electron chi connectivity index (χ3n) is 3.39. The number of hydrogen-bond donors (Lipinski definition) is 1. The Kier molecular flexibility index (Phi) is 4.84. The van der Waals surface area contributed by atoms with Gasteiger partial charge in [0.1, 0.15) is 5.82 Å². The van der Waals surface area contributed by atoms with Crippen molar-refractivity contribution < 1.29 is 4.39 Å². The molecule has 0 fully saturated rings. The molecule has 1 unspecified atom stereocenters. The standard InChI is InChI=1S/C16H16BrClFN/c1-9-6-11(4-5-13(9)17)16(20-3)12-7-10(2)15(19)8-14(12)18/h4-8,16,20H,1-3H3. The Hall–Kier alpha value is -0.900. The molecule has 0 aliphatic heterocycles. The lowest BCUT2D eigenvalue weighted by atomic mass is 9.96. The molecule has 2 aromatic carbocycles. The monoisotopic (exact) mass is 355 g/mol. The summed E-state index contributed by atoms with van der Waals surface area (Å²) in [5.74, 6) is -0.277. The van der Waals surface area contributed by atoms with E-state index in [1.165, 1.54) is 6.07 Å². The van der Waals surface area contributed by atoms with Gasteiger partial charge in [0.15, 0.2) is 0 Å². The van der Waals surface area contributed by atoms with E-state index in [1.807, 2.05) is 26.1 Å². The lowest BCUT2D eigenvalue weighted by Gasteiger charge is -2.20. The van der Waals surface area contributed by atoms with Crippen LogP contribution in [0.1, 0.15) is 28.3 Å². The van der Waals surface area contributed by atoms with Crippen LogP contribution in [0.15, 0.2) is 34.8 Å². The molecule has 0 aliphatic rings. The van der Waals surface area contributed by atoms with Crippen LogP contribution in [-0.4, -0.2) is 7.05 Å². The molecule has 1 atom stereocenters. The van der Waals surface area contributed by atoms with Crippen molar-refractivity contribution in [1.82, 2.24) is 5.32 Å². The predicted octanol–water partition coefficient (Wildman–Crippen LogP) is 5.17. The van der Waals surface area contributed by atoms with E-state index in [0.717, 1.165) is 21.2 Å². The van der Waals surface area contributed by atoms with Gasteiger partial charge in [-0.15, -0.1) is 0 Å². The molecule has 1 N–H and O–H groups in total. The van der Waals surface area contributed by atoms with Gasteiger partial charge in [0.05, 0.1) is 6.04 Å². The fourth-order valence-electron chi connectivity index (χ4n) is 2.25. The van der Waals surface area contributed by atoms with E-state index in [0.29, 0.717) is 10.6 Å². The minimum absolute atomic E-state index is 0.0615. The summed E-state index contributed by atoms with van der Waals surface area (Å²) in [6.45, 7) is 3.78. The molecule has 0 radical (unpaired) electrons. The van der Waals surface area contributed by atoms with Crippen LogP contribution in [0.4, 0.5) is 4.39 Å². The van der Waals surface area contributed by atoms with E-state index >= 15 is 0 Å². The Bertz CT molecular complexity index is 643. The second-order valence-corrected chi connectivity index (χ2v) is 6.11. The quantitative estimate of drug-likeness (QED) is 0.800. The van der Waals surface area contributed by atoms with E-state index in [1.54, 1.807) is 13.0 Å². The molecular formula is C16H16BrClFN.